The van der Waals surface area contributed by atoms with Gasteiger partial charge in [0.05, 0.1) is 4.34 Å². The Bertz CT molecular complexity index is 518. The Morgan fingerprint density at radius 1 is 1.56 bits per heavy atom. The highest BCUT2D eigenvalue weighted by Crippen LogP contribution is 2.36. The molecule has 0 aliphatic heterocycles. The monoisotopic (exact) mass is 371 g/mol. The Balaban J connectivity index is 2.10. The zero-order valence-electron chi connectivity index (χ0n) is 10.2. The fourth-order valence-corrected chi connectivity index (χ4v) is 6.20. The molecule has 18 heavy (non-hydrogen) atoms. The summed E-state index contributed by atoms with van der Waals surface area (Å²) < 4.78 is 27.0. The summed E-state index contributed by atoms with van der Waals surface area (Å²) in [5, 5.41) is 0. The molecule has 0 bridgehead atoms. The molecule has 102 valence electrons. The van der Waals surface area contributed by atoms with Crippen molar-refractivity contribution in [1.29, 1.82) is 0 Å². The number of hydrogen-bond donors (Lipinski definition) is 0. The van der Waals surface area contributed by atoms with Crippen molar-refractivity contribution in [2.75, 3.05) is 13.6 Å². The molecule has 0 unspecified atom stereocenters. The summed E-state index contributed by atoms with van der Waals surface area (Å²) in [6, 6.07) is 1.65. The molecule has 1 saturated carbocycles. The maximum atomic E-state index is 12.3. The van der Waals surface area contributed by atoms with Crippen LogP contribution < -0.4 is 0 Å². The molecular formula is C11H15BrClNO2S2. The standard InChI is InChI=1S/C11H15BrClNO2S2/c1-7-3-10(17-11(7)13)18(15,16)14(2)6-8-4-9(12)5-8/h3,8-9H,4-6H2,1-2H3. The van der Waals surface area contributed by atoms with E-state index in [4.69, 9.17) is 11.6 Å². The van der Waals surface area contributed by atoms with Crippen LogP contribution in [0.2, 0.25) is 4.34 Å². The van der Waals surface area contributed by atoms with E-state index in [-0.39, 0.29) is 0 Å². The van der Waals surface area contributed by atoms with Crippen molar-refractivity contribution >= 4 is 48.9 Å². The Morgan fingerprint density at radius 2 is 2.17 bits per heavy atom. The van der Waals surface area contributed by atoms with Crippen LogP contribution in [0, 0.1) is 12.8 Å². The number of alkyl halides is 1. The van der Waals surface area contributed by atoms with E-state index >= 15 is 0 Å². The first kappa shape index (κ1) is 14.8. The van der Waals surface area contributed by atoms with Crippen molar-refractivity contribution in [2.45, 2.75) is 28.8 Å². The summed E-state index contributed by atoms with van der Waals surface area (Å²) >= 11 is 10.6. The zero-order valence-corrected chi connectivity index (χ0v) is 14.2. The van der Waals surface area contributed by atoms with Crippen molar-refractivity contribution in [3.05, 3.63) is 16.0 Å². The van der Waals surface area contributed by atoms with E-state index in [9.17, 15) is 8.42 Å². The summed E-state index contributed by atoms with van der Waals surface area (Å²) in [6.45, 7) is 2.40. The summed E-state index contributed by atoms with van der Waals surface area (Å²) in [7, 11) is -1.74. The molecule has 0 amide bonds. The molecule has 0 radical (unpaired) electrons. The minimum Gasteiger partial charge on any atom is -0.206 e. The Labute approximate surface area is 125 Å². The molecule has 0 N–H and O–H groups in total. The van der Waals surface area contributed by atoms with Gasteiger partial charge in [-0.3, -0.25) is 0 Å². The van der Waals surface area contributed by atoms with Crippen LogP contribution in [0.15, 0.2) is 10.3 Å². The normalized spacial score (nSPS) is 24.3. The third kappa shape index (κ3) is 2.93. The number of thiophene rings is 1. The van der Waals surface area contributed by atoms with E-state index in [2.05, 4.69) is 15.9 Å². The average Bonchev–Trinajstić information content (AvgIpc) is 2.57. The van der Waals surface area contributed by atoms with Crippen molar-refractivity contribution in [2.24, 2.45) is 5.92 Å². The highest BCUT2D eigenvalue weighted by molar-refractivity contribution is 9.09. The first-order chi connectivity index (χ1) is 8.30. The molecule has 1 aliphatic carbocycles. The van der Waals surface area contributed by atoms with Gasteiger partial charge in [0.2, 0.25) is 0 Å². The molecule has 7 heteroatoms. The predicted molar refractivity (Wildman–Crippen MR) is 79.3 cm³/mol. The van der Waals surface area contributed by atoms with Crippen LogP contribution in [0.3, 0.4) is 0 Å². The van der Waals surface area contributed by atoms with E-state index in [1.54, 1.807) is 13.1 Å². The summed E-state index contributed by atoms with van der Waals surface area (Å²) in [6.07, 6.45) is 2.09. The molecule has 1 heterocycles. The first-order valence-corrected chi connectivity index (χ1v) is 9.22. The molecule has 3 nitrogen and oxygen atoms in total. The van der Waals surface area contributed by atoms with Crippen LogP contribution in [0.1, 0.15) is 18.4 Å². The second-order valence-corrected chi connectivity index (χ2v) is 9.96. The minimum atomic E-state index is -3.38. The van der Waals surface area contributed by atoms with Gasteiger partial charge in [-0.2, -0.15) is 4.31 Å². The van der Waals surface area contributed by atoms with Crippen LogP contribution in [0.4, 0.5) is 0 Å². The van der Waals surface area contributed by atoms with Crippen LogP contribution in [0.5, 0.6) is 0 Å². The highest BCUT2D eigenvalue weighted by Gasteiger charge is 2.32. The number of rotatable bonds is 4. The molecule has 0 saturated heterocycles. The summed E-state index contributed by atoms with van der Waals surface area (Å²) in [4.78, 5) is 0.553. The van der Waals surface area contributed by atoms with E-state index < -0.39 is 10.0 Å². The van der Waals surface area contributed by atoms with Crippen LogP contribution in [-0.4, -0.2) is 31.1 Å². The molecule has 1 aromatic rings. The lowest BCUT2D eigenvalue weighted by molar-refractivity contribution is 0.275. The van der Waals surface area contributed by atoms with Crippen LogP contribution >= 0.6 is 38.9 Å². The second kappa shape index (κ2) is 5.40. The van der Waals surface area contributed by atoms with Crippen molar-refractivity contribution in [3.63, 3.8) is 0 Å². The summed E-state index contributed by atoms with van der Waals surface area (Å²) in [5.41, 5.74) is 0.817. The van der Waals surface area contributed by atoms with E-state index in [1.807, 2.05) is 6.92 Å². The molecule has 0 aromatic carbocycles. The van der Waals surface area contributed by atoms with Crippen LogP contribution in [0.25, 0.3) is 0 Å². The highest BCUT2D eigenvalue weighted by atomic mass is 79.9. The van der Waals surface area contributed by atoms with Gasteiger partial charge in [0.15, 0.2) is 0 Å². The van der Waals surface area contributed by atoms with Gasteiger partial charge in [0, 0.05) is 18.4 Å². The lowest BCUT2D eigenvalue weighted by Gasteiger charge is -2.33. The number of nitrogens with zero attached hydrogens (tertiary/aromatic N) is 1. The van der Waals surface area contributed by atoms with E-state index in [0.29, 0.717) is 25.8 Å². The topological polar surface area (TPSA) is 37.4 Å². The molecule has 2 rings (SSSR count). The maximum absolute atomic E-state index is 12.3. The Kier molecular flexibility index (Phi) is 4.44. The Morgan fingerprint density at radius 3 is 2.61 bits per heavy atom. The van der Waals surface area contributed by atoms with Crippen molar-refractivity contribution in [3.8, 4) is 0 Å². The number of halogens is 2. The largest absolute Gasteiger partial charge is 0.252 e. The number of hydrogen-bond acceptors (Lipinski definition) is 3. The SMILES string of the molecule is Cc1cc(S(=O)(=O)N(C)CC2CC(Br)C2)sc1Cl. The van der Waals surface area contributed by atoms with Crippen molar-refractivity contribution in [1.82, 2.24) is 4.31 Å². The lowest BCUT2D eigenvalue weighted by Crippen LogP contribution is -2.37. The second-order valence-electron chi connectivity index (χ2n) is 4.74. The van der Waals surface area contributed by atoms with Gasteiger partial charge in [0.1, 0.15) is 4.21 Å². The van der Waals surface area contributed by atoms with Gasteiger partial charge < -0.3 is 0 Å². The van der Waals surface area contributed by atoms with Gasteiger partial charge in [0.25, 0.3) is 10.0 Å². The third-order valence-corrected chi connectivity index (χ3v) is 7.77. The van der Waals surface area contributed by atoms with E-state index in [1.165, 1.54) is 4.31 Å². The van der Waals surface area contributed by atoms with Crippen LogP contribution in [-0.2, 0) is 10.0 Å². The van der Waals surface area contributed by atoms with Gasteiger partial charge in [-0.15, -0.1) is 11.3 Å². The molecule has 0 spiro atoms. The molecule has 1 aromatic heterocycles. The molecule has 1 aliphatic rings. The van der Waals surface area contributed by atoms with E-state index in [0.717, 1.165) is 29.7 Å². The smallest absolute Gasteiger partial charge is 0.206 e. The molecular weight excluding hydrogens is 358 g/mol. The third-order valence-electron chi connectivity index (χ3n) is 3.19. The zero-order chi connectivity index (χ0) is 13.5. The first-order valence-electron chi connectivity index (χ1n) is 5.67. The number of sulfonamides is 1. The quantitative estimate of drug-likeness (QED) is 0.759. The molecule has 0 atom stereocenters. The van der Waals surface area contributed by atoms with Crippen molar-refractivity contribution < 1.29 is 8.42 Å². The Hall–Kier alpha value is 0.380. The molecule has 1 fully saturated rings. The fraction of sp³-hybridized carbons (Fsp3) is 0.636. The predicted octanol–water partition coefficient (Wildman–Crippen LogP) is 3.50. The average molecular weight is 373 g/mol. The van der Waals surface area contributed by atoms with Gasteiger partial charge in [-0.25, -0.2) is 8.42 Å². The van der Waals surface area contributed by atoms with Gasteiger partial charge >= 0.3 is 0 Å². The summed E-state index contributed by atoms with van der Waals surface area (Å²) in [5.74, 6) is 0.464. The van der Waals surface area contributed by atoms with Gasteiger partial charge in [-0.05, 0) is 37.3 Å². The van der Waals surface area contributed by atoms with Gasteiger partial charge in [-0.1, -0.05) is 27.5 Å². The minimum absolute atomic E-state index is 0.335. The fourth-order valence-electron chi connectivity index (χ4n) is 1.98. The lowest BCUT2D eigenvalue weighted by atomic mass is 9.85. The number of aryl methyl sites for hydroxylation is 1. The maximum Gasteiger partial charge on any atom is 0.252 e.